The standard InChI is InChI=1S/C14H21N3O2/c1-2-14(13(18)19)5-6-16(9-14)8-12-7-15-10-17(12)11-3-4-11/h7,10-11H,2-6,8-9H2,1H3,(H,18,19). The van der Waals surface area contributed by atoms with Crippen LogP contribution in [0.15, 0.2) is 12.5 Å². The maximum absolute atomic E-state index is 11.4. The molecule has 2 heterocycles. The molecular formula is C14H21N3O2. The summed E-state index contributed by atoms with van der Waals surface area (Å²) in [5.74, 6) is -0.645. The lowest BCUT2D eigenvalue weighted by Gasteiger charge is -2.23. The highest BCUT2D eigenvalue weighted by atomic mass is 16.4. The van der Waals surface area contributed by atoms with Crippen molar-refractivity contribution in [2.24, 2.45) is 5.41 Å². The van der Waals surface area contributed by atoms with Gasteiger partial charge in [-0.3, -0.25) is 9.69 Å². The number of aromatic nitrogens is 2. The van der Waals surface area contributed by atoms with Crippen molar-refractivity contribution in [3.8, 4) is 0 Å². The lowest BCUT2D eigenvalue weighted by atomic mass is 9.84. The van der Waals surface area contributed by atoms with Gasteiger partial charge in [-0.2, -0.15) is 0 Å². The van der Waals surface area contributed by atoms with Crippen LogP contribution < -0.4 is 0 Å². The van der Waals surface area contributed by atoms with Crippen molar-refractivity contribution in [3.05, 3.63) is 18.2 Å². The maximum Gasteiger partial charge on any atom is 0.310 e. The molecule has 1 N–H and O–H groups in total. The van der Waals surface area contributed by atoms with E-state index in [1.54, 1.807) is 0 Å². The van der Waals surface area contributed by atoms with E-state index in [-0.39, 0.29) is 0 Å². The van der Waals surface area contributed by atoms with Gasteiger partial charge in [-0.25, -0.2) is 4.98 Å². The lowest BCUT2D eigenvalue weighted by Crippen LogP contribution is -2.34. The van der Waals surface area contributed by atoms with Crippen LogP contribution in [0.4, 0.5) is 0 Å². The summed E-state index contributed by atoms with van der Waals surface area (Å²) in [6.07, 6.45) is 7.80. The van der Waals surface area contributed by atoms with Crippen LogP contribution in [0.1, 0.15) is 44.3 Å². The highest BCUT2D eigenvalue weighted by Gasteiger charge is 2.43. The zero-order valence-electron chi connectivity index (χ0n) is 11.4. The molecule has 5 heteroatoms. The normalized spacial score (nSPS) is 27.8. The fourth-order valence-corrected chi connectivity index (χ4v) is 3.07. The van der Waals surface area contributed by atoms with E-state index < -0.39 is 11.4 Å². The highest BCUT2D eigenvalue weighted by Crippen LogP contribution is 2.37. The van der Waals surface area contributed by atoms with Crippen molar-refractivity contribution in [1.82, 2.24) is 14.5 Å². The number of nitrogens with zero attached hydrogens (tertiary/aromatic N) is 3. The molecule has 1 saturated heterocycles. The molecule has 2 aliphatic rings. The van der Waals surface area contributed by atoms with Crippen LogP contribution in [0.2, 0.25) is 0 Å². The Kier molecular flexibility index (Phi) is 3.09. The second-order valence-corrected chi connectivity index (χ2v) is 5.92. The SMILES string of the molecule is CCC1(C(=O)O)CCN(Cc2cncn2C2CC2)C1. The number of hydrogen-bond donors (Lipinski definition) is 1. The summed E-state index contributed by atoms with van der Waals surface area (Å²) in [6.45, 7) is 4.34. The van der Waals surface area contributed by atoms with E-state index in [2.05, 4.69) is 14.5 Å². The number of rotatable bonds is 5. The number of likely N-dealkylation sites (tertiary alicyclic amines) is 1. The topological polar surface area (TPSA) is 58.4 Å². The number of aliphatic carboxylic acids is 1. The van der Waals surface area contributed by atoms with Gasteiger partial charge in [0.05, 0.1) is 17.4 Å². The molecule has 1 saturated carbocycles. The first-order chi connectivity index (χ1) is 9.14. The Balaban J connectivity index is 1.68. The van der Waals surface area contributed by atoms with Crippen LogP contribution in [0.25, 0.3) is 0 Å². The van der Waals surface area contributed by atoms with E-state index in [1.165, 1.54) is 18.5 Å². The van der Waals surface area contributed by atoms with E-state index in [1.807, 2.05) is 19.4 Å². The van der Waals surface area contributed by atoms with Gasteiger partial charge in [0, 0.05) is 25.3 Å². The second-order valence-electron chi connectivity index (χ2n) is 5.92. The summed E-state index contributed by atoms with van der Waals surface area (Å²) in [7, 11) is 0. The molecule has 0 aromatic carbocycles. The Morgan fingerprint density at radius 3 is 2.95 bits per heavy atom. The first kappa shape index (κ1) is 12.7. The minimum absolute atomic E-state index is 0.537. The molecule has 19 heavy (non-hydrogen) atoms. The van der Waals surface area contributed by atoms with Crippen LogP contribution in [0, 0.1) is 5.41 Å². The average Bonchev–Trinajstić information content (AvgIpc) is 2.99. The average molecular weight is 263 g/mol. The molecule has 0 bridgehead atoms. The van der Waals surface area contributed by atoms with Gasteiger partial charge >= 0.3 is 5.97 Å². The van der Waals surface area contributed by atoms with Gasteiger partial charge < -0.3 is 9.67 Å². The van der Waals surface area contributed by atoms with Crippen LogP contribution in [0.5, 0.6) is 0 Å². The smallest absolute Gasteiger partial charge is 0.310 e. The molecule has 0 radical (unpaired) electrons. The third kappa shape index (κ3) is 2.27. The Bertz CT molecular complexity index is 481. The van der Waals surface area contributed by atoms with Crippen molar-refractivity contribution >= 4 is 5.97 Å². The second kappa shape index (κ2) is 4.63. The predicted molar refractivity (Wildman–Crippen MR) is 70.8 cm³/mol. The third-order valence-electron chi connectivity index (χ3n) is 4.64. The molecule has 0 spiro atoms. The molecule has 1 aliphatic carbocycles. The van der Waals surface area contributed by atoms with Crippen molar-refractivity contribution in [2.75, 3.05) is 13.1 Å². The third-order valence-corrected chi connectivity index (χ3v) is 4.64. The minimum atomic E-state index is -0.645. The van der Waals surface area contributed by atoms with Gasteiger partial charge in [0.2, 0.25) is 0 Å². The zero-order chi connectivity index (χ0) is 13.5. The number of hydrogen-bond acceptors (Lipinski definition) is 3. The Hall–Kier alpha value is -1.36. The van der Waals surface area contributed by atoms with E-state index in [0.29, 0.717) is 19.0 Å². The summed E-state index contributed by atoms with van der Waals surface area (Å²) in [5.41, 5.74) is 0.685. The van der Waals surface area contributed by atoms with Gasteiger partial charge in [0.1, 0.15) is 0 Å². The molecule has 1 atom stereocenters. The molecular weight excluding hydrogens is 242 g/mol. The van der Waals surface area contributed by atoms with Crippen molar-refractivity contribution in [3.63, 3.8) is 0 Å². The van der Waals surface area contributed by atoms with E-state index in [0.717, 1.165) is 19.5 Å². The van der Waals surface area contributed by atoms with Gasteiger partial charge in [-0.15, -0.1) is 0 Å². The lowest BCUT2D eigenvalue weighted by molar-refractivity contribution is -0.148. The number of carboxylic acid groups (broad SMARTS) is 1. The molecule has 1 aliphatic heterocycles. The first-order valence-electron chi connectivity index (χ1n) is 7.11. The van der Waals surface area contributed by atoms with E-state index in [9.17, 15) is 9.90 Å². The fraction of sp³-hybridized carbons (Fsp3) is 0.714. The monoisotopic (exact) mass is 263 g/mol. The summed E-state index contributed by atoms with van der Waals surface area (Å²) >= 11 is 0. The Morgan fingerprint density at radius 2 is 2.37 bits per heavy atom. The van der Waals surface area contributed by atoms with Gasteiger partial charge in [0.15, 0.2) is 0 Å². The van der Waals surface area contributed by atoms with Crippen molar-refractivity contribution in [2.45, 2.75) is 45.2 Å². The number of imidazole rings is 1. The summed E-state index contributed by atoms with van der Waals surface area (Å²) in [5, 5.41) is 9.42. The molecule has 2 fully saturated rings. The van der Waals surface area contributed by atoms with Gasteiger partial charge in [-0.1, -0.05) is 6.92 Å². The maximum atomic E-state index is 11.4. The van der Waals surface area contributed by atoms with Crippen LogP contribution in [0.3, 0.4) is 0 Å². The van der Waals surface area contributed by atoms with Crippen LogP contribution >= 0.6 is 0 Å². The number of carboxylic acids is 1. The van der Waals surface area contributed by atoms with Crippen molar-refractivity contribution in [1.29, 1.82) is 0 Å². The molecule has 0 amide bonds. The molecule has 1 aromatic heterocycles. The molecule has 104 valence electrons. The largest absolute Gasteiger partial charge is 0.481 e. The van der Waals surface area contributed by atoms with Crippen LogP contribution in [-0.4, -0.2) is 38.6 Å². The molecule has 3 rings (SSSR count). The first-order valence-corrected chi connectivity index (χ1v) is 7.11. The summed E-state index contributed by atoms with van der Waals surface area (Å²) < 4.78 is 2.26. The quantitative estimate of drug-likeness (QED) is 0.881. The van der Waals surface area contributed by atoms with Crippen molar-refractivity contribution < 1.29 is 9.90 Å². The van der Waals surface area contributed by atoms with E-state index in [4.69, 9.17) is 0 Å². The Labute approximate surface area is 113 Å². The molecule has 1 aromatic rings. The molecule has 5 nitrogen and oxygen atoms in total. The minimum Gasteiger partial charge on any atom is -0.481 e. The van der Waals surface area contributed by atoms with Gasteiger partial charge in [0.25, 0.3) is 0 Å². The van der Waals surface area contributed by atoms with Crippen LogP contribution in [-0.2, 0) is 11.3 Å². The zero-order valence-corrected chi connectivity index (χ0v) is 11.4. The summed E-state index contributed by atoms with van der Waals surface area (Å²) in [6, 6.07) is 0.635. The highest BCUT2D eigenvalue weighted by molar-refractivity contribution is 5.75. The fourth-order valence-electron chi connectivity index (χ4n) is 3.07. The predicted octanol–water partition coefficient (Wildman–Crippen LogP) is 1.90. The van der Waals surface area contributed by atoms with Gasteiger partial charge in [-0.05, 0) is 32.2 Å². The van der Waals surface area contributed by atoms with E-state index >= 15 is 0 Å². The summed E-state index contributed by atoms with van der Waals surface area (Å²) in [4.78, 5) is 17.9. The molecule has 1 unspecified atom stereocenters. The number of carbonyl (C=O) groups is 1. The Morgan fingerprint density at radius 1 is 1.58 bits per heavy atom.